The maximum atomic E-state index is 5.14. The molecule has 1 aliphatic rings. The molecule has 1 aromatic carbocycles. The molecule has 0 amide bonds. The van der Waals surface area contributed by atoms with Crippen molar-refractivity contribution in [3.8, 4) is 0 Å². The SMILES string of the molecule is S=S1C=Nc2ccccc21.[Si]. The first-order valence-corrected chi connectivity index (χ1v) is 5.13. The lowest BCUT2D eigenvalue weighted by Gasteiger charge is -1.93. The second-order valence-corrected chi connectivity index (χ2v) is 4.32. The van der Waals surface area contributed by atoms with Crippen molar-refractivity contribution < 1.29 is 0 Å². The molecule has 0 spiro atoms. The second-order valence-electron chi connectivity index (χ2n) is 2.00. The first-order chi connectivity index (χ1) is 4.88. The summed E-state index contributed by atoms with van der Waals surface area (Å²) in [7, 11) is -0.156. The first-order valence-electron chi connectivity index (χ1n) is 2.92. The number of rotatable bonds is 0. The molecule has 0 fully saturated rings. The van der Waals surface area contributed by atoms with E-state index in [-0.39, 0.29) is 20.4 Å². The van der Waals surface area contributed by atoms with Gasteiger partial charge < -0.3 is 0 Å². The number of hydrogen-bond donors (Lipinski definition) is 0. The van der Waals surface area contributed by atoms with Crippen LogP contribution in [0, 0.1) is 0 Å². The van der Waals surface area contributed by atoms with Crippen molar-refractivity contribution in [2.45, 2.75) is 4.90 Å². The number of para-hydroxylation sites is 1. The highest BCUT2D eigenvalue weighted by molar-refractivity contribution is 8.36. The fourth-order valence-corrected chi connectivity index (χ4v) is 2.31. The van der Waals surface area contributed by atoms with Crippen LogP contribution in [0.2, 0.25) is 0 Å². The molecule has 0 bridgehead atoms. The van der Waals surface area contributed by atoms with E-state index in [2.05, 4.69) is 4.99 Å². The molecule has 1 aliphatic heterocycles. The van der Waals surface area contributed by atoms with Gasteiger partial charge in [0.25, 0.3) is 0 Å². The summed E-state index contributed by atoms with van der Waals surface area (Å²) >= 11 is 5.14. The van der Waals surface area contributed by atoms with Crippen LogP contribution in [-0.4, -0.2) is 16.5 Å². The Hall–Kier alpha value is -0.323. The van der Waals surface area contributed by atoms with Gasteiger partial charge in [-0.1, -0.05) is 12.1 Å². The van der Waals surface area contributed by atoms with E-state index in [4.69, 9.17) is 11.2 Å². The summed E-state index contributed by atoms with van der Waals surface area (Å²) < 4.78 is 0. The zero-order chi connectivity index (χ0) is 6.97. The monoisotopic (exact) mass is 195 g/mol. The number of nitrogens with zero attached hydrogens (tertiary/aromatic N) is 1. The third-order valence-corrected chi connectivity index (χ3v) is 3.24. The molecule has 1 unspecified atom stereocenters. The van der Waals surface area contributed by atoms with E-state index in [9.17, 15) is 0 Å². The van der Waals surface area contributed by atoms with Crippen LogP contribution in [-0.2, 0) is 20.6 Å². The summed E-state index contributed by atoms with van der Waals surface area (Å²) in [5.74, 6) is 0. The summed E-state index contributed by atoms with van der Waals surface area (Å²) in [4.78, 5) is 5.36. The Labute approximate surface area is 77.2 Å². The standard InChI is InChI=1S/C7H5NS2.Si/c9-10-5-8-6-3-1-2-4-7(6)10;/h1-5H;. The fraction of sp³-hybridized carbons (Fsp3) is 0. The number of hydrogen-bond acceptors (Lipinski definition) is 2. The lowest BCUT2D eigenvalue weighted by molar-refractivity contribution is 1.41. The van der Waals surface area contributed by atoms with Crippen LogP contribution in [0.15, 0.2) is 34.2 Å². The van der Waals surface area contributed by atoms with E-state index in [1.54, 1.807) is 0 Å². The summed E-state index contributed by atoms with van der Waals surface area (Å²) in [5.41, 5.74) is 2.88. The highest BCUT2D eigenvalue weighted by atomic mass is 32.8. The molecule has 4 heteroatoms. The Kier molecular flexibility index (Phi) is 2.70. The molecule has 1 heterocycles. The van der Waals surface area contributed by atoms with Crippen LogP contribution in [0.3, 0.4) is 0 Å². The van der Waals surface area contributed by atoms with Crippen molar-refractivity contribution in [2.24, 2.45) is 4.99 Å². The number of aliphatic imine (C=N–C) groups is 1. The Morgan fingerprint density at radius 2 is 2.00 bits per heavy atom. The minimum Gasteiger partial charge on any atom is -0.248 e. The average Bonchev–Trinajstić information content (AvgIpc) is 2.34. The normalized spacial score (nSPS) is 19.1. The third kappa shape index (κ3) is 1.47. The highest BCUT2D eigenvalue weighted by Crippen LogP contribution is 2.26. The van der Waals surface area contributed by atoms with Gasteiger partial charge >= 0.3 is 0 Å². The minimum absolute atomic E-state index is 0. The molecular weight excluding hydrogens is 190 g/mol. The fourth-order valence-electron chi connectivity index (χ4n) is 0.895. The van der Waals surface area contributed by atoms with Crippen LogP contribution in [0.4, 0.5) is 5.69 Å². The predicted molar refractivity (Wildman–Crippen MR) is 53.3 cm³/mol. The maximum absolute atomic E-state index is 5.14. The second kappa shape index (κ2) is 3.38. The van der Waals surface area contributed by atoms with Gasteiger partial charge in [0, 0.05) is 15.9 Å². The lowest BCUT2D eigenvalue weighted by Crippen LogP contribution is -1.80. The zero-order valence-electron chi connectivity index (χ0n) is 5.65. The molecule has 1 atom stereocenters. The quantitative estimate of drug-likeness (QED) is 0.570. The van der Waals surface area contributed by atoms with Gasteiger partial charge in [-0.2, -0.15) is 0 Å². The van der Waals surface area contributed by atoms with Crippen molar-refractivity contribution in [1.82, 2.24) is 0 Å². The molecule has 54 valence electrons. The van der Waals surface area contributed by atoms with Crippen molar-refractivity contribution in [2.75, 3.05) is 0 Å². The van der Waals surface area contributed by atoms with Crippen LogP contribution >= 0.6 is 0 Å². The van der Waals surface area contributed by atoms with Crippen molar-refractivity contribution in [3.05, 3.63) is 24.3 Å². The van der Waals surface area contributed by atoms with Crippen molar-refractivity contribution in [3.63, 3.8) is 0 Å². The first kappa shape index (κ1) is 8.77. The molecule has 0 saturated heterocycles. The average molecular weight is 195 g/mol. The van der Waals surface area contributed by atoms with Gasteiger partial charge in [0.2, 0.25) is 0 Å². The van der Waals surface area contributed by atoms with E-state index in [0.717, 1.165) is 5.69 Å². The summed E-state index contributed by atoms with van der Waals surface area (Å²) in [5, 5.41) is 0. The van der Waals surface area contributed by atoms with Gasteiger partial charge in [0.1, 0.15) is 0 Å². The molecule has 1 aromatic rings. The molecule has 2 rings (SSSR count). The third-order valence-electron chi connectivity index (χ3n) is 1.37. The Morgan fingerprint density at radius 3 is 2.73 bits per heavy atom. The Morgan fingerprint density at radius 1 is 1.27 bits per heavy atom. The van der Waals surface area contributed by atoms with Gasteiger partial charge in [0.05, 0.1) is 11.2 Å². The zero-order valence-corrected chi connectivity index (χ0v) is 8.28. The number of fused-ring (bicyclic) bond motifs is 1. The largest absolute Gasteiger partial charge is 0.248 e. The Balaban J connectivity index is 0.000000605. The molecule has 0 aromatic heterocycles. The van der Waals surface area contributed by atoms with E-state index in [1.165, 1.54) is 4.90 Å². The van der Waals surface area contributed by atoms with Crippen molar-refractivity contribution in [1.29, 1.82) is 0 Å². The van der Waals surface area contributed by atoms with E-state index in [1.807, 2.05) is 29.8 Å². The minimum atomic E-state index is -0.156. The molecule has 0 saturated carbocycles. The van der Waals surface area contributed by atoms with E-state index in [0.29, 0.717) is 0 Å². The summed E-state index contributed by atoms with van der Waals surface area (Å²) in [6.45, 7) is 0. The van der Waals surface area contributed by atoms with Crippen LogP contribution in [0.25, 0.3) is 0 Å². The van der Waals surface area contributed by atoms with Crippen molar-refractivity contribution >= 4 is 42.8 Å². The van der Waals surface area contributed by atoms with Crippen LogP contribution in [0.5, 0.6) is 0 Å². The van der Waals surface area contributed by atoms with E-state index >= 15 is 0 Å². The maximum Gasteiger partial charge on any atom is 0.0778 e. The van der Waals surface area contributed by atoms with Gasteiger partial charge in [-0.25, -0.2) is 4.99 Å². The molecule has 0 N–H and O–H groups in total. The van der Waals surface area contributed by atoms with Crippen LogP contribution in [0.1, 0.15) is 0 Å². The predicted octanol–water partition coefficient (Wildman–Crippen LogP) is 1.42. The lowest BCUT2D eigenvalue weighted by atomic mass is 10.3. The molecule has 1 nitrogen and oxygen atoms in total. The van der Waals surface area contributed by atoms with Gasteiger partial charge in [-0.3, -0.25) is 0 Å². The Bertz CT molecular complexity index is 322. The summed E-state index contributed by atoms with van der Waals surface area (Å²) in [6, 6.07) is 8.01. The topological polar surface area (TPSA) is 12.4 Å². The summed E-state index contributed by atoms with van der Waals surface area (Å²) in [6.07, 6.45) is 0. The molecule has 4 radical (unpaired) electrons. The number of benzene rings is 1. The highest BCUT2D eigenvalue weighted by Gasteiger charge is 2.07. The smallest absolute Gasteiger partial charge is 0.0778 e. The van der Waals surface area contributed by atoms with Crippen LogP contribution < -0.4 is 0 Å². The van der Waals surface area contributed by atoms with Gasteiger partial charge in [0.15, 0.2) is 0 Å². The van der Waals surface area contributed by atoms with E-state index < -0.39 is 0 Å². The molecule has 0 aliphatic carbocycles. The van der Waals surface area contributed by atoms with Gasteiger partial charge in [-0.15, -0.1) is 0 Å². The molecular formula is C7H5NS2Si. The molecule has 11 heavy (non-hydrogen) atoms. The van der Waals surface area contributed by atoms with Gasteiger partial charge in [-0.05, 0) is 32.8 Å².